The Morgan fingerprint density at radius 2 is 2.32 bits per heavy atom. The molecule has 1 fully saturated rings. The van der Waals surface area contributed by atoms with Crippen molar-refractivity contribution in [3.63, 3.8) is 0 Å². The van der Waals surface area contributed by atoms with E-state index in [2.05, 4.69) is 33.4 Å². The van der Waals surface area contributed by atoms with Crippen LogP contribution >= 0.6 is 0 Å². The van der Waals surface area contributed by atoms with Gasteiger partial charge in [-0.15, -0.1) is 12.3 Å². The molecule has 0 bridgehead atoms. The zero-order chi connectivity index (χ0) is 13.7. The second kappa shape index (κ2) is 6.16. The third-order valence-corrected chi connectivity index (χ3v) is 4.01. The summed E-state index contributed by atoms with van der Waals surface area (Å²) < 4.78 is 0. The second-order valence-corrected chi connectivity index (χ2v) is 5.47. The van der Waals surface area contributed by atoms with Gasteiger partial charge in [-0.25, -0.2) is 0 Å². The normalized spacial score (nSPS) is 24.1. The zero-order valence-corrected chi connectivity index (χ0v) is 11.6. The molecule has 5 heteroatoms. The van der Waals surface area contributed by atoms with E-state index in [-0.39, 0.29) is 11.6 Å². The molecule has 1 amide bonds. The number of likely N-dealkylation sites (N-methyl/N-ethyl adjacent to an activating group) is 1. The van der Waals surface area contributed by atoms with E-state index in [1.54, 1.807) is 0 Å². The molecular formula is C14H22N4O. The largest absolute Gasteiger partial charge is 0.355 e. The van der Waals surface area contributed by atoms with Gasteiger partial charge in [-0.05, 0) is 26.4 Å². The smallest absolute Gasteiger partial charge is 0.220 e. The molecule has 0 aromatic carbocycles. The topological polar surface area (TPSA) is 57.1 Å². The SMILES string of the molecule is C#CCCC1(CCC(=O)NCC2CCCN2C)N=N1. The van der Waals surface area contributed by atoms with Gasteiger partial charge in [0.25, 0.3) is 0 Å². The van der Waals surface area contributed by atoms with Crippen molar-refractivity contribution in [1.29, 1.82) is 0 Å². The van der Waals surface area contributed by atoms with Crippen LogP contribution in [0.15, 0.2) is 10.2 Å². The first kappa shape index (κ1) is 14.0. The maximum Gasteiger partial charge on any atom is 0.220 e. The van der Waals surface area contributed by atoms with Gasteiger partial charge >= 0.3 is 0 Å². The predicted molar refractivity (Wildman–Crippen MR) is 73.5 cm³/mol. The summed E-state index contributed by atoms with van der Waals surface area (Å²) in [5, 5.41) is 11.1. The maximum absolute atomic E-state index is 11.8. The Balaban J connectivity index is 1.61. The van der Waals surface area contributed by atoms with Crippen molar-refractivity contribution in [2.75, 3.05) is 20.1 Å². The Morgan fingerprint density at radius 3 is 2.89 bits per heavy atom. The number of carbonyl (C=O) groups is 1. The average Bonchev–Trinajstić information content (AvgIpc) is 3.07. The summed E-state index contributed by atoms with van der Waals surface area (Å²) >= 11 is 0. The van der Waals surface area contributed by atoms with Crippen molar-refractivity contribution < 1.29 is 4.79 Å². The Labute approximate surface area is 114 Å². The fraction of sp³-hybridized carbons (Fsp3) is 0.786. The second-order valence-electron chi connectivity index (χ2n) is 5.47. The molecule has 5 nitrogen and oxygen atoms in total. The van der Waals surface area contributed by atoms with Crippen molar-refractivity contribution in [1.82, 2.24) is 10.2 Å². The van der Waals surface area contributed by atoms with E-state index in [0.29, 0.717) is 25.3 Å². The Morgan fingerprint density at radius 1 is 1.53 bits per heavy atom. The lowest BCUT2D eigenvalue weighted by Crippen LogP contribution is -2.38. The average molecular weight is 262 g/mol. The van der Waals surface area contributed by atoms with Gasteiger partial charge < -0.3 is 10.2 Å². The van der Waals surface area contributed by atoms with Gasteiger partial charge in [0.1, 0.15) is 0 Å². The molecule has 1 saturated heterocycles. The van der Waals surface area contributed by atoms with Gasteiger partial charge in [-0.1, -0.05) is 0 Å². The first-order valence-corrected chi connectivity index (χ1v) is 7.00. The van der Waals surface area contributed by atoms with E-state index in [0.717, 1.165) is 19.5 Å². The number of nitrogens with one attached hydrogen (secondary N) is 1. The highest BCUT2D eigenvalue weighted by molar-refractivity contribution is 5.76. The molecule has 0 aliphatic carbocycles. The van der Waals surface area contributed by atoms with Gasteiger partial charge in [0, 0.05) is 38.3 Å². The molecule has 0 aromatic rings. The number of likely N-dealkylation sites (tertiary alicyclic amines) is 1. The molecule has 1 unspecified atom stereocenters. The third-order valence-electron chi connectivity index (χ3n) is 4.01. The summed E-state index contributed by atoms with van der Waals surface area (Å²) in [5.74, 6) is 2.69. The van der Waals surface area contributed by atoms with Gasteiger partial charge in [-0.3, -0.25) is 4.79 Å². The van der Waals surface area contributed by atoms with Crippen LogP contribution < -0.4 is 5.32 Å². The Bertz CT molecular complexity index is 393. The number of hydrogen-bond donors (Lipinski definition) is 1. The predicted octanol–water partition coefficient (Wildman–Crippen LogP) is 1.55. The molecule has 2 rings (SSSR count). The molecule has 0 spiro atoms. The van der Waals surface area contributed by atoms with E-state index < -0.39 is 0 Å². The van der Waals surface area contributed by atoms with Gasteiger partial charge in [0.15, 0.2) is 5.66 Å². The molecule has 0 aromatic heterocycles. The quantitative estimate of drug-likeness (QED) is 0.708. The van der Waals surface area contributed by atoms with Crippen molar-refractivity contribution >= 4 is 5.91 Å². The van der Waals surface area contributed by atoms with E-state index in [1.165, 1.54) is 12.8 Å². The molecule has 1 N–H and O–H groups in total. The highest BCUT2D eigenvalue weighted by Crippen LogP contribution is 2.37. The summed E-state index contributed by atoms with van der Waals surface area (Å²) in [6, 6.07) is 0.495. The molecule has 19 heavy (non-hydrogen) atoms. The molecule has 0 saturated carbocycles. The highest BCUT2D eigenvalue weighted by Gasteiger charge is 2.39. The summed E-state index contributed by atoms with van der Waals surface area (Å²) in [4.78, 5) is 14.1. The summed E-state index contributed by atoms with van der Waals surface area (Å²) in [6.07, 6.45) is 10.2. The lowest BCUT2D eigenvalue weighted by molar-refractivity contribution is -0.121. The van der Waals surface area contributed by atoms with Crippen LogP contribution in [0.3, 0.4) is 0 Å². The van der Waals surface area contributed by atoms with Crippen molar-refractivity contribution in [2.45, 2.75) is 50.2 Å². The minimum Gasteiger partial charge on any atom is -0.355 e. The van der Waals surface area contributed by atoms with Crippen LogP contribution in [0.2, 0.25) is 0 Å². The minimum absolute atomic E-state index is 0.0951. The summed E-state index contributed by atoms with van der Waals surface area (Å²) in [7, 11) is 2.11. The fourth-order valence-electron chi connectivity index (χ4n) is 2.54. The van der Waals surface area contributed by atoms with Crippen molar-refractivity contribution in [2.24, 2.45) is 10.2 Å². The fourth-order valence-corrected chi connectivity index (χ4v) is 2.54. The van der Waals surface area contributed by atoms with Crippen LogP contribution in [0.5, 0.6) is 0 Å². The molecule has 2 heterocycles. The van der Waals surface area contributed by atoms with E-state index in [9.17, 15) is 4.79 Å². The Kier molecular flexibility index (Phi) is 4.54. The number of carbonyl (C=O) groups excluding carboxylic acids is 1. The first-order valence-electron chi connectivity index (χ1n) is 7.00. The lowest BCUT2D eigenvalue weighted by atomic mass is 10.0. The van der Waals surface area contributed by atoms with E-state index in [1.807, 2.05) is 0 Å². The lowest BCUT2D eigenvalue weighted by Gasteiger charge is -2.19. The van der Waals surface area contributed by atoms with Crippen LogP contribution in [0.4, 0.5) is 0 Å². The van der Waals surface area contributed by atoms with E-state index >= 15 is 0 Å². The molecule has 104 valence electrons. The molecule has 2 aliphatic heterocycles. The van der Waals surface area contributed by atoms with Crippen LogP contribution in [0, 0.1) is 12.3 Å². The number of rotatable bonds is 7. The highest BCUT2D eigenvalue weighted by atomic mass is 16.1. The third kappa shape index (κ3) is 4.03. The maximum atomic E-state index is 11.8. The first-order chi connectivity index (χ1) is 9.15. The molecule has 0 radical (unpaired) electrons. The van der Waals surface area contributed by atoms with Crippen LogP contribution in [-0.4, -0.2) is 42.6 Å². The summed E-state index contributed by atoms with van der Waals surface area (Å²) in [6.45, 7) is 1.88. The Hall–Kier alpha value is -1.41. The van der Waals surface area contributed by atoms with Crippen molar-refractivity contribution in [3.05, 3.63) is 0 Å². The van der Waals surface area contributed by atoms with E-state index in [4.69, 9.17) is 6.42 Å². The number of amides is 1. The van der Waals surface area contributed by atoms with Crippen LogP contribution in [0.25, 0.3) is 0 Å². The molecule has 2 aliphatic rings. The number of nitrogens with zero attached hydrogens (tertiary/aromatic N) is 3. The van der Waals surface area contributed by atoms with Gasteiger partial charge in [0.05, 0.1) is 0 Å². The number of terminal acetylenes is 1. The van der Waals surface area contributed by atoms with Crippen LogP contribution in [0.1, 0.15) is 38.5 Å². The number of hydrogen-bond acceptors (Lipinski definition) is 4. The standard InChI is InChI=1S/C14H22N4O/c1-3-4-8-14(16-17-14)9-7-13(19)15-11-12-6-5-10-18(12)2/h1,12H,4-11H2,2H3,(H,15,19). The van der Waals surface area contributed by atoms with Gasteiger partial charge in [0.2, 0.25) is 5.91 Å². The summed E-state index contributed by atoms with van der Waals surface area (Å²) in [5.41, 5.74) is -0.339. The minimum atomic E-state index is -0.339. The monoisotopic (exact) mass is 262 g/mol. The zero-order valence-electron chi connectivity index (χ0n) is 11.6. The van der Waals surface area contributed by atoms with Crippen molar-refractivity contribution in [3.8, 4) is 12.3 Å². The molecule has 1 atom stereocenters. The van der Waals surface area contributed by atoms with Gasteiger partial charge in [-0.2, -0.15) is 10.2 Å². The molecular weight excluding hydrogens is 240 g/mol. The van der Waals surface area contributed by atoms with Crippen LogP contribution in [-0.2, 0) is 4.79 Å².